The molecule has 10 heteroatoms. The van der Waals surface area contributed by atoms with Crippen LogP contribution in [0.5, 0.6) is 34.5 Å². The minimum atomic E-state index is 0.200. The molecule has 0 aliphatic carbocycles. The second kappa shape index (κ2) is 15.0. The van der Waals surface area contributed by atoms with E-state index in [2.05, 4.69) is 27.0 Å². The maximum Gasteiger partial charge on any atom is 0.203 e. The summed E-state index contributed by atoms with van der Waals surface area (Å²) in [6.45, 7) is 3.28. The molecule has 1 fully saturated rings. The van der Waals surface area contributed by atoms with Crippen LogP contribution in [0.3, 0.4) is 0 Å². The van der Waals surface area contributed by atoms with Crippen molar-refractivity contribution in [2.45, 2.75) is 32.1 Å². The highest BCUT2D eigenvalue weighted by Crippen LogP contribution is 2.42. The number of benzene rings is 2. The van der Waals surface area contributed by atoms with Crippen molar-refractivity contribution in [2.24, 2.45) is 0 Å². The van der Waals surface area contributed by atoms with Crippen molar-refractivity contribution in [2.75, 3.05) is 55.7 Å². The zero-order valence-electron chi connectivity index (χ0n) is 26.8. The zero-order chi connectivity index (χ0) is 31.8. The number of rotatable bonds is 13. The van der Waals surface area contributed by atoms with Crippen molar-refractivity contribution in [1.82, 2.24) is 14.9 Å². The Morgan fingerprint density at radius 2 is 1.04 bits per heavy atom. The van der Waals surface area contributed by atoms with Gasteiger partial charge in [0.15, 0.2) is 23.0 Å². The Labute approximate surface area is 264 Å². The number of pyridine rings is 2. The first-order chi connectivity index (χ1) is 22.0. The lowest BCUT2D eigenvalue weighted by Gasteiger charge is -2.32. The van der Waals surface area contributed by atoms with E-state index in [-0.39, 0.29) is 6.10 Å². The molecule has 45 heavy (non-hydrogen) atoms. The first-order valence-corrected chi connectivity index (χ1v) is 14.8. The molecule has 5 rings (SSSR count). The monoisotopic (exact) mass is 615 g/mol. The molecule has 0 spiro atoms. The van der Waals surface area contributed by atoms with Gasteiger partial charge in [-0.05, 0) is 72.5 Å². The summed E-state index contributed by atoms with van der Waals surface area (Å²) in [6, 6.07) is 15.9. The van der Waals surface area contributed by atoms with Crippen molar-refractivity contribution >= 4 is 0 Å². The maximum atomic E-state index is 6.36. The molecule has 0 bridgehead atoms. The number of likely N-dealkylation sites (tertiary alicyclic amines) is 1. The summed E-state index contributed by atoms with van der Waals surface area (Å²) in [4.78, 5) is 11.6. The molecule has 1 aliphatic rings. The second-order valence-electron chi connectivity index (χ2n) is 10.7. The molecule has 0 radical (unpaired) electrons. The molecule has 1 saturated heterocycles. The molecular formula is C35H41N3O7. The highest BCUT2D eigenvalue weighted by atomic mass is 16.5. The van der Waals surface area contributed by atoms with Gasteiger partial charge in [0.25, 0.3) is 0 Å². The van der Waals surface area contributed by atoms with Gasteiger partial charge in [0, 0.05) is 43.2 Å². The van der Waals surface area contributed by atoms with E-state index in [0.29, 0.717) is 41.1 Å². The van der Waals surface area contributed by atoms with Crippen LogP contribution in [0.15, 0.2) is 60.9 Å². The summed E-state index contributed by atoms with van der Waals surface area (Å²) in [5.74, 6) is 3.50. The minimum Gasteiger partial charge on any atom is -0.493 e. The molecule has 4 aromatic rings. The van der Waals surface area contributed by atoms with Crippen LogP contribution < -0.4 is 28.4 Å². The molecule has 2 aromatic carbocycles. The Hall–Kier alpha value is -4.54. The van der Waals surface area contributed by atoms with Gasteiger partial charge in [-0.25, -0.2) is 0 Å². The van der Waals surface area contributed by atoms with E-state index in [4.69, 9.17) is 33.2 Å². The molecular weight excluding hydrogens is 574 g/mol. The Kier molecular flexibility index (Phi) is 10.6. The standard InChI is InChI=1S/C35H41N3O7/c1-39-30-17-25(18-31(40-2)34(30)43-5)28-15-23(7-11-36-28)21-38-13-9-27(10-14-38)45-22-24-8-12-37-29(16-24)26-19-32(41-3)35(44-6)33(20-26)42-4/h7-8,11-12,15-20,27H,9-10,13-14,21-22H2,1-6H3. The highest BCUT2D eigenvalue weighted by molar-refractivity contribution is 5.70. The molecule has 0 amide bonds. The van der Waals surface area contributed by atoms with Gasteiger partial charge in [-0.2, -0.15) is 0 Å². The van der Waals surface area contributed by atoms with Gasteiger partial charge < -0.3 is 33.2 Å². The highest BCUT2D eigenvalue weighted by Gasteiger charge is 2.21. The largest absolute Gasteiger partial charge is 0.493 e. The van der Waals surface area contributed by atoms with E-state index in [1.165, 1.54) is 5.56 Å². The van der Waals surface area contributed by atoms with Gasteiger partial charge >= 0.3 is 0 Å². The number of nitrogens with zero attached hydrogens (tertiary/aromatic N) is 3. The van der Waals surface area contributed by atoms with Crippen LogP contribution in [-0.2, 0) is 17.9 Å². The van der Waals surface area contributed by atoms with Gasteiger partial charge in [-0.15, -0.1) is 0 Å². The van der Waals surface area contributed by atoms with E-state index in [0.717, 1.165) is 60.6 Å². The third-order valence-corrected chi connectivity index (χ3v) is 8.00. The fourth-order valence-corrected chi connectivity index (χ4v) is 5.62. The average Bonchev–Trinajstić information content (AvgIpc) is 3.10. The third-order valence-electron chi connectivity index (χ3n) is 8.00. The Bertz CT molecular complexity index is 1540. The van der Waals surface area contributed by atoms with Gasteiger partial charge in [-0.3, -0.25) is 14.9 Å². The van der Waals surface area contributed by atoms with E-state index < -0.39 is 0 Å². The van der Waals surface area contributed by atoms with E-state index >= 15 is 0 Å². The first-order valence-electron chi connectivity index (χ1n) is 14.8. The lowest BCUT2D eigenvalue weighted by molar-refractivity contribution is -0.00395. The molecule has 2 aromatic heterocycles. The van der Waals surface area contributed by atoms with Gasteiger partial charge in [0.2, 0.25) is 11.5 Å². The molecule has 3 heterocycles. The molecule has 238 valence electrons. The second-order valence-corrected chi connectivity index (χ2v) is 10.7. The normalized spacial score (nSPS) is 13.7. The number of hydrogen-bond donors (Lipinski definition) is 0. The lowest BCUT2D eigenvalue weighted by atomic mass is 10.0. The summed E-state index contributed by atoms with van der Waals surface area (Å²) < 4.78 is 39.4. The van der Waals surface area contributed by atoms with Crippen molar-refractivity contribution < 1.29 is 33.2 Å². The van der Waals surface area contributed by atoms with Crippen LogP contribution in [0, 0.1) is 0 Å². The number of aromatic nitrogens is 2. The summed E-state index contributed by atoms with van der Waals surface area (Å²) in [7, 11) is 9.64. The molecule has 0 unspecified atom stereocenters. The quantitative estimate of drug-likeness (QED) is 0.177. The van der Waals surface area contributed by atoms with Crippen LogP contribution in [0.2, 0.25) is 0 Å². The third kappa shape index (κ3) is 7.41. The minimum absolute atomic E-state index is 0.200. The number of piperidine rings is 1. The zero-order valence-corrected chi connectivity index (χ0v) is 26.8. The average molecular weight is 616 g/mol. The van der Waals surface area contributed by atoms with Crippen molar-refractivity contribution in [3.05, 3.63) is 72.1 Å². The van der Waals surface area contributed by atoms with E-state index in [1.807, 2.05) is 42.6 Å². The van der Waals surface area contributed by atoms with Crippen LogP contribution >= 0.6 is 0 Å². The van der Waals surface area contributed by atoms with Gasteiger partial charge in [-0.1, -0.05) is 0 Å². The number of ether oxygens (including phenoxy) is 7. The van der Waals surface area contributed by atoms with Crippen molar-refractivity contribution in [1.29, 1.82) is 0 Å². The topological polar surface area (TPSA) is 93.6 Å². The molecule has 0 atom stereocenters. The summed E-state index contributed by atoms with van der Waals surface area (Å²) in [6.07, 6.45) is 5.79. The van der Waals surface area contributed by atoms with Crippen LogP contribution in [-0.4, -0.2) is 76.7 Å². The number of hydrogen-bond acceptors (Lipinski definition) is 10. The predicted octanol–water partition coefficient (Wildman–Crippen LogP) is 6.04. The SMILES string of the molecule is COc1cc(-c2cc(COC3CCN(Cc4ccnc(-c5cc(OC)c(OC)c(OC)c5)c4)CC3)ccn2)cc(OC)c1OC. The first kappa shape index (κ1) is 31.9. The lowest BCUT2D eigenvalue weighted by Crippen LogP contribution is -2.36. The van der Waals surface area contributed by atoms with E-state index in [1.54, 1.807) is 48.9 Å². The maximum absolute atomic E-state index is 6.36. The van der Waals surface area contributed by atoms with Crippen LogP contribution in [0.25, 0.3) is 22.5 Å². The summed E-state index contributed by atoms with van der Waals surface area (Å²) in [5, 5.41) is 0. The fourth-order valence-electron chi connectivity index (χ4n) is 5.62. The summed E-state index contributed by atoms with van der Waals surface area (Å²) >= 11 is 0. The Morgan fingerprint density at radius 3 is 1.49 bits per heavy atom. The van der Waals surface area contributed by atoms with Gasteiger partial charge in [0.1, 0.15) is 0 Å². The molecule has 0 saturated carbocycles. The van der Waals surface area contributed by atoms with Crippen molar-refractivity contribution in [3.8, 4) is 57.0 Å². The summed E-state index contributed by atoms with van der Waals surface area (Å²) in [5.41, 5.74) is 5.71. The van der Waals surface area contributed by atoms with Crippen molar-refractivity contribution in [3.63, 3.8) is 0 Å². The number of methoxy groups -OCH3 is 6. The Morgan fingerprint density at radius 1 is 0.600 bits per heavy atom. The molecule has 0 N–H and O–H groups in total. The van der Waals surface area contributed by atoms with E-state index in [9.17, 15) is 0 Å². The predicted molar refractivity (Wildman–Crippen MR) is 172 cm³/mol. The van der Waals surface area contributed by atoms with Gasteiger partial charge in [0.05, 0.1) is 66.8 Å². The van der Waals surface area contributed by atoms with Crippen LogP contribution in [0.1, 0.15) is 24.0 Å². The Balaban J connectivity index is 1.18. The molecule has 10 nitrogen and oxygen atoms in total. The smallest absolute Gasteiger partial charge is 0.203 e. The fraction of sp³-hybridized carbons (Fsp3) is 0.371. The molecule has 1 aliphatic heterocycles. The van der Waals surface area contributed by atoms with Crippen LogP contribution in [0.4, 0.5) is 0 Å².